The normalized spacial score (nSPS) is 10.8. The van der Waals surface area contributed by atoms with Crippen LogP contribution >= 0.6 is 0 Å². The van der Waals surface area contributed by atoms with Gasteiger partial charge < -0.3 is 9.64 Å². The van der Waals surface area contributed by atoms with Gasteiger partial charge in [0, 0.05) is 25.9 Å². The van der Waals surface area contributed by atoms with E-state index < -0.39 is 5.82 Å². The molecule has 0 aliphatic carbocycles. The molecule has 0 fully saturated rings. The molecule has 106 valence electrons. The molecule has 0 unspecified atom stereocenters. The van der Waals surface area contributed by atoms with Crippen LogP contribution in [-0.4, -0.2) is 42.1 Å². The van der Waals surface area contributed by atoms with E-state index in [9.17, 15) is 9.18 Å². The summed E-state index contributed by atoms with van der Waals surface area (Å²) in [7, 11) is 1.59. The molecule has 1 aromatic heterocycles. The molecule has 1 heterocycles. The number of amides is 1. The predicted molar refractivity (Wildman–Crippen MR) is 71.5 cm³/mol. The largest absolute Gasteiger partial charge is 0.383 e. The fourth-order valence-corrected chi connectivity index (χ4v) is 2.07. The van der Waals surface area contributed by atoms with Crippen molar-refractivity contribution in [1.82, 2.24) is 9.88 Å². The molecular weight excluding hydrogens is 247 g/mol. The number of aromatic nitrogens is 1. The molecule has 0 aromatic carbocycles. The first-order valence-corrected chi connectivity index (χ1v) is 6.55. The van der Waals surface area contributed by atoms with Crippen LogP contribution in [0.3, 0.4) is 0 Å². The van der Waals surface area contributed by atoms with Crippen molar-refractivity contribution in [3.63, 3.8) is 0 Å². The first-order valence-electron chi connectivity index (χ1n) is 6.55. The van der Waals surface area contributed by atoms with Crippen LogP contribution in [0.15, 0.2) is 18.5 Å². The molecule has 4 nitrogen and oxygen atoms in total. The molecule has 0 N–H and O–H groups in total. The lowest BCUT2D eigenvalue weighted by Crippen LogP contribution is -2.42. The average Bonchev–Trinajstić information content (AvgIpc) is 2.43. The third-order valence-electron chi connectivity index (χ3n) is 3.18. The lowest BCUT2D eigenvalue weighted by molar-refractivity contribution is 0.0584. The zero-order chi connectivity index (χ0) is 14.3. The minimum Gasteiger partial charge on any atom is -0.383 e. The number of ether oxygens (including phenoxy) is 1. The number of carbonyl (C=O) groups excluding carboxylic acids is 1. The molecule has 19 heavy (non-hydrogen) atoms. The Morgan fingerprint density at radius 2 is 2.16 bits per heavy atom. The van der Waals surface area contributed by atoms with Crippen LogP contribution in [0.5, 0.6) is 0 Å². The lowest BCUT2D eigenvalue weighted by Gasteiger charge is -2.30. The second kappa shape index (κ2) is 7.84. The Bertz CT molecular complexity index is 408. The molecule has 0 atom stereocenters. The molecule has 0 bridgehead atoms. The predicted octanol–water partition coefficient (Wildman–Crippen LogP) is 2.50. The van der Waals surface area contributed by atoms with Crippen molar-refractivity contribution >= 4 is 5.91 Å². The van der Waals surface area contributed by atoms with Gasteiger partial charge in [0.1, 0.15) is 0 Å². The van der Waals surface area contributed by atoms with Gasteiger partial charge in [-0.05, 0) is 18.9 Å². The Morgan fingerprint density at radius 3 is 2.68 bits per heavy atom. The second-order valence-electron chi connectivity index (χ2n) is 4.32. The SMILES string of the molecule is CCC(CC)N(CCOC)C(=O)c1ccncc1F. The Labute approximate surface area is 113 Å². The zero-order valence-electron chi connectivity index (χ0n) is 11.7. The Kier molecular flexibility index (Phi) is 6.42. The van der Waals surface area contributed by atoms with Crippen LogP contribution in [0.4, 0.5) is 4.39 Å². The summed E-state index contributed by atoms with van der Waals surface area (Å²) >= 11 is 0. The zero-order valence-corrected chi connectivity index (χ0v) is 11.7. The van der Waals surface area contributed by atoms with E-state index in [4.69, 9.17) is 4.74 Å². The lowest BCUT2D eigenvalue weighted by atomic mass is 10.1. The van der Waals surface area contributed by atoms with E-state index in [0.29, 0.717) is 13.2 Å². The second-order valence-corrected chi connectivity index (χ2v) is 4.32. The first-order chi connectivity index (χ1) is 9.15. The van der Waals surface area contributed by atoms with Gasteiger partial charge in [-0.2, -0.15) is 0 Å². The summed E-state index contributed by atoms with van der Waals surface area (Å²) in [5.74, 6) is -0.883. The maximum absolute atomic E-state index is 13.7. The van der Waals surface area contributed by atoms with Gasteiger partial charge in [-0.15, -0.1) is 0 Å². The highest BCUT2D eigenvalue weighted by molar-refractivity contribution is 5.94. The topological polar surface area (TPSA) is 42.4 Å². The molecule has 1 aromatic rings. The van der Waals surface area contributed by atoms with Gasteiger partial charge in [0.25, 0.3) is 5.91 Å². The van der Waals surface area contributed by atoms with Gasteiger partial charge in [-0.25, -0.2) is 4.39 Å². The monoisotopic (exact) mass is 268 g/mol. The van der Waals surface area contributed by atoms with Gasteiger partial charge in [-0.1, -0.05) is 13.8 Å². The number of hydrogen-bond donors (Lipinski definition) is 0. The van der Waals surface area contributed by atoms with E-state index in [2.05, 4.69) is 4.98 Å². The van der Waals surface area contributed by atoms with Crippen LogP contribution in [0, 0.1) is 5.82 Å². The van der Waals surface area contributed by atoms with Crippen molar-refractivity contribution < 1.29 is 13.9 Å². The highest BCUT2D eigenvalue weighted by Crippen LogP contribution is 2.15. The van der Waals surface area contributed by atoms with Gasteiger partial charge in [0.2, 0.25) is 0 Å². The highest BCUT2D eigenvalue weighted by atomic mass is 19.1. The average molecular weight is 268 g/mol. The van der Waals surface area contributed by atoms with E-state index >= 15 is 0 Å². The summed E-state index contributed by atoms with van der Waals surface area (Å²) in [6, 6.07) is 1.51. The number of carbonyl (C=O) groups is 1. The van der Waals surface area contributed by atoms with Gasteiger partial charge in [0.05, 0.1) is 18.4 Å². The fourth-order valence-electron chi connectivity index (χ4n) is 2.07. The molecule has 0 saturated carbocycles. The van der Waals surface area contributed by atoms with Crippen LogP contribution in [0.2, 0.25) is 0 Å². The van der Waals surface area contributed by atoms with E-state index in [1.54, 1.807) is 12.0 Å². The van der Waals surface area contributed by atoms with E-state index in [-0.39, 0.29) is 17.5 Å². The molecule has 1 rings (SSSR count). The molecule has 0 radical (unpaired) electrons. The number of pyridine rings is 1. The van der Waals surface area contributed by atoms with Crippen molar-refractivity contribution in [2.75, 3.05) is 20.3 Å². The Hall–Kier alpha value is -1.49. The molecular formula is C14H21FN2O2. The number of rotatable bonds is 7. The van der Waals surface area contributed by atoms with Crippen molar-refractivity contribution in [3.05, 3.63) is 29.8 Å². The smallest absolute Gasteiger partial charge is 0.257 e. The van der Waals surface area contributed by atoms with Crippen LogP contribution < -0.4 is 0 Å². The number of nitrogens with zero attached hydrogens (tertiary/aromatic N) is 2. The molecule has 0 aliphatic rings. The molecule has 1 amide bonds. The Balaban J connectivity index is 2.96. The van der Waals surface area contributed by atoms with Crippen molar-refractivity contribution in [3.8, 4) is 0 Å². The maximum atomic E-state index is 13.7. The standard InChI is InChI=1S/C14H21FN2O2/c1-4-11(5-2)17(8-9-19-3)14(18)12-6-7-16-10-13(12)15/h6-7,10-11H,4-5,8-9H2,1-3H3. The van der Waals surface area contributed by atoms with E-state index in [1.807, 2.05) is 13.8 Å². The molecule has 0 saturated heterocycles. The fraction of sp³-hybridized carbons (Fsp3) is 0.571. The summed E-state index contributed by atoms with van der Waals surface area (Å²) < 4.78 is 18.7. The van der Waals surface area contributed by atoms with Gasteiger partial charge in [-0.3, -0.25) is 9.78 Å². The number of hydrogen-bond acceptors (Lipinski definition) is 3. The third kappa shape index (κ3) is 3.99. The molecule has 5 heteroatoms. The summed E-state index contributed by atoms with van der Waals surface area (Å²) in [4.78, 5) is 17.8. The quantitative estimate of drug-likeness (QED) is 0.763. The number of methoxy groups -OCH3 is 1. The minimum absolute atomic E-state index is 0.0676. The van der Waals surface area contributed by atoms with Crippen molar-refractivity contribution in [2.24, 2.45) is 0 Å². The van der Waals surface area contributed by atoms with E-state index in [1.165, 1.54) is 12.3 Å². The van der Waals surface area contributed by atoms with Crippen LogP contribution in [0.25, 0.3) is 0 Å². The Morgan fingerprint density at radius 1 is 1.47 bits per heavy atom. The minimum atomic E-state index is -0.583. The van der Waals surface area contributed by atoms with Crippen molar-refractivity contribution in [2.45, 2.75) is 32.7 Å². The van der Waals surface area contributed by atoms with Crippen molar-refractivity contribution in [1.29, 1.82) is 0 Å². The highest BCUT2D eigenvalue weighted by Gasteiger charge is 2.24. The van der Waals surface area contributed by atoms with Gasteiger partial charge in [0.15, 0.2) is 5.82 Å². The van der Waals surface area contributed by atoms with E-state index in [0.717, 1.165) is 19.0 Å². The maximum Gasteiger partial charge on any atom is 0.257 e. The van der Waals surface area contributed by atoms with Crippen LogP contribution in [0.1, 0.15) is 37.0 Å². The summed E-state index contributed by atoms with van der Waals surface area (Å²) in [6.45, 7) is 4.94. The van der Waals surface area contributed by atoms with Crippen LogP contribution in [-0.2, 0) is 4.74 Å². The summed E-state index contributed by atoms with van der Waals surface area (Å²) in [5, 5.41) is 0. The third-order valence-corrected chi connectivity index (χ3v) is 3.18. The number of halogens is 1. The summed E-state index contributed by atoms with van der Waals surface area (Å²) in [6.07, 6.45) is 4.16. The molecule has 0 spiro atoms. The first kappa shape index (κ1) is 15.6. The molecule has 0 aliphatic heterocycles. The van der Waals surface area contributed by atoms with Gasteiger partial charge >= 0.3 is 0 Å². The summed E-state index contributed by atoms with van der Waals surface area (Å²) in [5.41, 5.74) is 0.0676.